The Balaban J connectivity index is 1.53. The van der Waals surface area contributed by atoms with E-state index in [1.165, 1.54) is 16.7 Å². The molecular weight excluding hydrogens is 410 g/mol. The number of amidine groups is 1. The highest BCUT2D eigenvalue weighted by atomic mass is 16.5. The minimum atomic E-state index is -0.820. The van der Waals surface area contributed by atoms with Gasteiger partial charge < -0.3 is 10.5 Å². The third kappa shape index (κ3) is 2.93. The van der Waals surface area contributed by atoms with Crippen molar-refractivity contribution in [2.75, 3.05) is 0 Å². The maximum atomic E-state index is 9.35. The number of aryl methyl sites for hydroxylation is 1. The molecule has 2 N–H and O–H groups in total. The van der Waals surface area contributed by atoms with Crippen LogP contribution in [0.3, 0.4) is 0 Å². The zero-order chi connectivity index (χ0) is 22.6. The van der Waals surface area contributed by atoms with Gasteiger partial charge in [-0.05, 0) is 85.0 Å². The van der Waals surface area contributed by atoms with Gasteiger partial charge in [-0.15, -0.1) is 0 Å². The SMILES string of the molecule is CC1OC2(N=C1N)c1cc(-c3cccc(C#N)c3)ccc1CC21CCCc2cnncc2C1. The summed E-state index contributed by atoms with van der Waals surface area (Å²) in [6, 6.07) is 16.5. The molecule has 6 rings (SSSR count). The molecule has 0 saturated carbocycles. The van der Waals surface area contributed by atoms with E-state index >= 15 is 0 Å². The maximum Gasteiger partial charge on any atom is 0.194 e. The van der Waals surface area contributed by atoms with Crippen LogP contribution in [0.15, 0.2) is 59.9 Å². The molecule has 0 saturated heterocycles. The number of nitrogens with two attached hydrogens (primary N) is 1. The van der Waals surface area contributed by atoms with E-state index in [9.17, 15) is 5.26 Å². The number of aliphatic imine (C=N–C) groups is 1. The smallest absolute Gasteiger partial charge is 0.194 e. The second kappa shape index (κ2) is 7.23. The maximum absolute atomic E-state index is 9.35. The van der Waals surface area contributed by atoms with Gasteiger partial charge in [0.25, 0.3) is 0 Å². The van der Waals surface area contributed by atoms with E-state index < -0.39 is 5.72 Å². The zero-order valence-electron chi connectivity index (χ0n) is 18.6. The van der Waals surface area contributed by atoms with Crippen molar-refractivity contribution in [3.05, 3.63) is 82.7 Å². The first-order valence-corrected chi connectivity index (χ1v) is 11.5. The predicted molar refractivity (Wildman–Crippen MR) is 125 cm³/mol. The monoisotopic (exact) mass is 435 g/mol. The summed E-state index contributed by atoms with van der Waals surface area (Å²) >= 11 is 0. The van der Waals surface area contributed by atoms with E-state index in [4.69, 9.17) is 15.5 Å². The number of fused-ring (bicyclic) bond motifs is 4. The minimum Gasteiger partial charge on any atom is -0.385 e. The number of nitrogens with zero attached hydrogens (tertiary/aromatic N) is 4. The van der Waals surface area contributed by atoms with Crippen molar-refractivity contribution in [3.8, 4) is 17.2 Å². The van der Waals surface area contributed by atoms with E-state index in [0.717, 1.165) is 48.8 Å². The Kier molecular flexibility index (Phi) is 4.40. The molecule has 2 aliphatic carbocycles. The third-order valence-electron chi connectivity index (χ3n) is 7.63. The molecule has 0 amide bonds. The number of benzene rings is 2. The van der Waals surface area contributed by atoms with Crippen molar-refractivity contribution in [1.29, 1.82) is 5.26 Å². The van der Waals surface area contributed by atoms with Crippen LogP contribution in [-0.4, -0.2) is 22.1 Å². The number of ether oxygens (including phenoxy) is 1. The number of nitriles is 1. The summed E-state index contributed by atoms with van der Waals surface area (Å²) in [6.45, 7) is 1.98. The lowest BCUT2D eigenvalue weighted by atomic mass is 9.71. The molecule has 1 aliphatic heterocycles. The normalized spacial score (nSPS) is 27.6. The van der Waals surface area contributed by atoms with Crippen LogP contribution in [-0.2, 0) is 29.7 Å². The molecule has 2 spiro atoms. The molecule has 3 aromatic rings. The van der Waals surface area contributed by atoms with Gasteiger partial charge in [0.05, 0.1) is 24.0 Å². The Morgan fingerprint density at radius 1 is 1.03 bits per heavy atom. The lowest BCUT2D eigenvalue weighted by Gasteiger charge is -2.41. The number of hydrogen-bond acceptors (Lipinski definition) is 6. The van der Waals surface area contributed by atoms with Gasteiger partial charge in [0.15, 0.2) is 5.72 Å². The van der Waals surface area contributed by atoms with Crippen LogP contribution in [0.25, 0.3) is 11.1 Å². The third-order valence-corrected chi connectivity index (χ3v) is 7.63. The molecule has 0 fully saturated rings. The van der Waals surface area contributed by atoms with Gasteiger partial charge in [0.1, 0.15) is 11.9 Å². The molecule has 3 atom stereocenters. The van der Waals surface area contributed by atoms with Gasteiger partial charge in [0, 0.05) is 11.0 Å². The molecular formula is C27H25N5O. The summed E-state index contributed by atoms with van der Waals surface area (Å²) in [5.74, 6) is 0.552. The van der Waals surface area contributed by atoms with E-state index in [1.54, 1.807) is 0 Å². The molecule has 33 heavy (non-hydrogen) atoms. The van der Waals surface area contributed by atoms with Crippen molar-refractivity contribution in [2.24, 2.45) is 16.1 Å². The topological polar surface area (TPSA) is 97.2 Å². The Morgan fingerprint density at radius 3 is 2.61 bits per heavy atom. The first-order valence-electron chi connectivity index (χ1n) is 11.5. The Morgan fingerprint density at radius 2 is 1.82 bits per heavy atom. The van der Waals surface area contributed by atoms with E-state index in [2.05, 4.69) is 34.5 Å². The van der Waals surface area contributed by atoms with E-state index in [0.29, 0.717) is 11.4 Å². The fourth-order valence-electron chi connectivity index (χ4n) is 6.01. The molecule has 6 heteroatoms. The minimum absolute atomic E-state index is 0.230. The number of aromatic nitrogens is 2. The number of rotatable bonds is 1. The molecule has 3 unspecified atom stereocenters. The van der Waals surface area contributed by atoms with Gasteiger partial charge >= 0.3 is 0 Å². The second-order valence-electron chi connectivity index (χ2n) is 9.53. The Labute approximate surface area is 193 Å². The fraction of sp³-hybridized carbons (Fsp3) is 0.333. The summed E-state index contributed by atoms with van der Waals surface area (Å²) in [5.41, 5.74) is 12.9. The molecule has 1 aromatic heterocycles. The lowest BCUT2D eigenvalue weighted by molar-refractivity contribution is -0.127. The van der Waals surface area contributed by atoms with E-state index in [-0.39, 0.29) is 11.5 Å². The lowest BCUT2D eigenvalue weighted by Crippen LogP contribution is -2.44. The largest absolute Gasteiger partial charge is 0.385 e. The first-order chi connectivity index (χ1) is 16.0. The molecule has 0 bridgehead atoms. The average molecular weight is 436 g/mol. The summed E-state index contributed by atoms with van der Waals surface area (Å²) < 4.78 is 6.73. The van der Waals surface area contributed by atoms with Crippen LogP contribution in [0, 0.1) is 16.7 Å². The van der Waals surface area contributed by atoms with Gasteiger partial charge in [0.2, 0.25) is 0 Å². The highest BCUT2D eigenvalue weighted by Crippen LogP contribution is 2.61. The zero-order valence-corrected chi connectivity index (χ0v) is 18.6. The average Bonchev–Trinajstić information content (AvgIpc) is 3.18. The van der Waals surface area contributed by atoms with Crippen LogP contribution in [0.5, 0.6) is 0 Å². The summed E-state index contributed by atoms with van der Waals surface area (Å²) in [5, 5.41) is 17.6. The van der Waals surface area contributed by atoms with Gasteiger partial charge in [-0.2, -0.15) is 15.5 Å². The highest BCUT2D eigenvalue weighted by Gasteiger charge is 2.62. The highest BCUT2D eigenvalue weighted by molar-refractivity contribution is 5.87. The van der Waals surface area contributed by atoms with Crippen molar-refractivity contribution in [2.45, 2.75) is 50.9 Å². The Bertz CT molecular complexity index is 1340. The molecule has 2 heterocycles. The van der Waals surface area contributed by atoms with Gasteiger partial charge in [-0.1, -0.05) is 24.3 Å². The molecule has 2 aromatic carbocycles. The molecule has 164 valence electrons. The van der Waals surface area contributed by atoms with Crippen molar-refractivity contribution >= 4 is 5.84 Å². The quantitative estimate of drug-likeness (QED) is 0.622. The summed E-state index contributed by atoms with van der Waals surface area (Å²) in [4.78, 5) is 5.09. The second-order valence-corrected chi connectivity index (χ2v) is 9.53. The standard InChI is InChI=1S/C27H25N5O/c1-17-25(29)32-27(33-17)24-11-20(19-5-2-4-18(10-19)14-28)7-8-21(24)12-26(27)9-3-6-22-15-30-31-16-23(22)13-26/h2,4-5,7-8,10-11,15-17H,3,6,9,12-13H2,1H3,(H2,29,32). The number of hydrogen-bond donors (Lipinski definition) is 1. The Hall–Kier alpha value is -3.56. The van der Waals surface area contributed by atoms with Crippen molar-refractivity contribution < 1.29 is 4.74 Å². The van der Waals surface area contributed by atoms with Crippen LogP contribution in [0.1, 0.15) is 47.6 Å². The van der Waals surface area contributed by atoms with Crippen LogP contribution in [0.2, 0.25) is 0 Å². The van der Waals surface area contributed by atoms with Crippen molar-refractivity contribution in [3.63, 3.8) is 0 Å². The first kappa shape index (κ1) is 20.1. The summed E-state index contributed by atoms with van der Waals surface area (Å²) in [7, 11) is 0. The molecule has 6 nitrogen and oxygen atoms in total. The van der Waals surface area contributed by atoms with Crippen molar-refractivity contribution in [1.82, 2.24) is 10.2 Å². The molecule has 0 radical (unpaired) electrons. The summed E-state index contributed by atoms with van der Waals surface area (Å²) in [6.07, 6.45) is 8.29. The van der Waals surface area contributed by atoms with Crippen LogP contribution in [0.4, 0.5) is 0 Å². The van der Waals surface area contributed by atoms with Crippen LogP contribution < -0.4 is 5.73 Å². The van der Waals surface area contributed by atoms with E-state index in [1.807, 2.05) is 43.6 Å². The predicted octanol–water partition coefficient (Wildman–Crippen LogP) is 4.07. The fourth-order valence-corrected chi connectivity index (χ4v) is 6.01. The van der Waals surface area contributed by atoms with Crippen LogP contribution >= 0.6 is 0 Å². The van der Waals surface area contributed by atoms with Gasteiger partial charge in [-0.25, -0.2) is 4.99 Å². The van der Waals surface area contributed by atoms with Gasteiger partial charge in [-0.3, -0.25) is 0 Å². The molecule has 3 aliphatic rings.